The number of anilines is 2. The number of nitrogens with zero attached hydrogens (tertiary/aromatic N) is 3. The molecule has 0 radical (unpaired) electrons. The second-order valence-corrected chi connectivity index (χ2v) is 6.82. The number of carbonyl (C=O) groups excluding carboxylic acids is 1. The molecule has 6 heteroatoms. The number of halogens is 1. The van der Waals surface area contributed by atoms with Crippen molar-refractivity contribution in [2.24, 2.45) is 0 Å². The van der Waals surface area contributed by atoms with Crippen molar-refractivity contribution in [2.45, 2.75) is 26.2 Å². The third kappa shape index (κ3) is 5.18. The number of piperazine rings is 1. The predicted octanol–water partition coefficient (Wildman–Crippen LogP) is 3.79. The smallest absolute Gasteiger partial charge is 0.255 e. The Morgan fingerprint density at radius 1 is 1.07 bits per heavy atom. The SMILES string of the molecule is CCCCCNc1ccc(C(=O)N2CCN(c3ccc(F)cc3)CC2)cn1. The average Bonchev–Trinajstić information content (AvgIpc) is 2.72. The zero-order chi connectivity index (χ0) is 19.1. The van der Waals surface area contributed by atoms with Crippen LogP contribution >= 0.6 is 0 Å². The number of hydrogen-bond acceptors (Lipinski definition) is 4. The van der Waals surface area contributed by atoms with Crippen LogP contribution in [0, 0.1) is 5.82 Å². The largest absolute Gasteiger partial charge is 0.370 e. The lowest BCUT2D eigenvalue weighted by molar-refractivity contribution is 0.0746. The second kappa shape index (κ2) is 9.35. The maximum Gasteiger partial charge on any atom is 0.255 e. The first-order chi connectivity index (χ1) is 13.2. The number of aromatic nitrogens is 1. The number of rotatable bonds is 7. The van der Waals surface area contributed by atoms with E-state index < -0.39 is 0 Å². The van der Waals surface area contributed by atoms with Gasteiger partial charge >= 0.3 is 0 Å². The van der Waals surface area contributed by atoms with Gasteiger partial charge in [-0.25, -0.2) is 9.37 Å². The van der Waals surface area contributed by atoms with Crippen LogP contribution in [-0.4, -0.2) is 48.5 Å². The highest BCUT2D eigenvalue weighted by molar-refractivity contribution is 5.94. The van der Waals surface area contributed by atoms with Crippen LogP contribution in [0.15, 0.2) is 42.6 Å². The molecule has 0 saturated carbocycles. The fourth-order valence-corrected chi connectivity index (χ4v) is 3.22. The molecular formula is C21H27FN4O. The standard InChI is InChI=1S/C21H27FN4O/c1-2-3-4-11-23-20-10-5-17(16-24-20)21(27)26-14-12-25(13-15-26)19-8-6-18(22)7-9-19/h5-10,16H,2-4,11-15H2,1H3,(H,23,24). The maximum atomic E-state index is 13.1. The zero-order valence-corrected chi connectivity index (χ0v) is 15.8. The summed E-state index contributed by atoms with van der Waals surface area (Å²) in [6.07, 6.45) is 5.17. The zero-order valence-electron chi connectivity index (χ0n) is 15.8. The minimum atomic E-state index is -0.233. The van der Waals surface area contributed by atoms with Crippen LogP contribution in [0.3, 0.4) is 0 Å². The van der Waals surface area contributed by atoms with Crippen LogP contribution in [0.5, 0.6) is 0 Å². The quantitative estimate of drug-likeness (QED) is 0.754. The molecule has 1 saturated heterocycles. The van der Waals surface area contributed by atoms with Crippen LogP contribution in [0.2, 0.25) is 0 Å². The Bertz CT molecular complexity index is 725. The summed E-state index contributed by atoms with van der Waals surface area (Å²) in [5.74, 6) is 0.589. The van der Waals surface area contributed by atoms with E-state index in [-0.39, 0.29) is 11.7 Å². The molecule has 1 amide bonds. The highest BCUT2D eigenvalue weighted by atomic mass is 19.1. The molecule has 27 heavy (non-hydrogen) atoms. The van der Waals surface area contributed by atoms with Crippen molar-refractivity contribution in [1.82, 2.24) is 9.88 Å². The summed E-state index contributed by atoms with van der Waals surface area (Å²) < 4.78 is 13.1. The number of benzene rings is 1. The van der Waals surface area contributed by atoms with Gasteiger partial charge in [0.05, 0.1) is 5.56 Å². The van der Waals surface area contributed by atoms with Gasteiger partial charge in [0, 0.05) is 44.6 Å². The molecule has 2 aromatic rings. The molecule has 1 aliphatic rings. The van der Waals surface area contributed by atoms with E-state index in [1.807, 2.05) is 17.0 Å². The number of hydrogen-bond donors (Lipinski definition) is 1. The summed E-state index contributed by atoms with van der Waals surface area (Å²) in [5.41, 5.74) is 1.60. The summed E-state index contributed by atoms with van der Waals surface area (Å²) in [6, 6.07) is 10.2. The predicted molar refractivity (Wildman–Crippen MR) is 107 cm³/mol. The van der Waals surface area contributed by atoms with E-state index in [4.69, 9.17) is 0 Å². The van der Waals surface area contributed by atoms with Gasteiger partial charge in [-0.05, 0) is 42.8 Å². The molecule has 1 fully saturated rings. The number of unbranched alkanes of at least 4 members (excludes halogenated alkanes) is 2. The third-order valence-electron chi connectivity index (χ3n) is 4.86. The summed E-state index contributed by atoms with van der Waals surface area (Å²) in [4.78, 5) is 21.1. The van der Waals surface area contributed by atoms with Gasteiger partial charge in [0.2, 0.25) is 0 Å². The number of carbonyl (C=O) groups is 1. The summed E-state index contributed by atoms with van der Waals surface area (Å²) in [5, 5.41) is 3.28. The summed E-state index contributed by atoms with van der Waals surface area (Å²) in [7, 11) is 0. The lowest BCUT2D eigenvalue weighted by atomic mass is 10.2. The fraction of sp³-hybridized carbons (Fsp3) is 0.429. The molecule has 3 rings (SSSR count). The van der Waals surface area contributed by atoms with E-state index in [1.54, 1.807) is 18.3 Å². The highest BCUT2D eigenvalue weighted by Gasteiger charge is 2.22. The van der Waals surface area contributed by atoms with Crippen molar-refractivity contribution in [3.8, 4) is 0 Å². The molecule has 1 aromatic carbocycles. The Labute approximate surface area is 160 Å². The first-order valence-corrected chi connectivity index (χ1v) is 9.67. The monoisotopic (exact) mass is 370 g/mol. The van der Waals surface area contributed by atoms with E-state index in [2.05, 4.69) is 22.1 Å². The molecule has 5 nitrogen and oxygen atoms in total. The van der Waals surface area contributed by atoms with Crippen LogP contribution in [-0.2, 0) is 0 Å². The summed E-state index contributed by atoms with van der Waals surface area (Å²) >= 11 is 0. The van der Waals surface area contributed by atoms with Gasteiger partial charge in [0.25, 0.3) is 5.91 Å². The van der Waals surface area contributed by atoms with Crippen LogP contribution in [0.4, 0.5) is 15.9 Å². The van der Waals surface area contributed by atoms with E-state index in [0.29, 0.717) is 18.7 Å². The number of amides is 1. The normalized spacial score (nSPS) is 14.3. The van der Waals surface area contributed by atoms with Crippen molar-refractivity contribution in [1.29, 1.82) is 0 Å². The van der Waals surface area contributed by atoms with Crippen molar-refractivity contribution < 1.29 is 9.18 Å². The first-order valence-electron chi connectivity index (χ1n) is 9.67. The van der Waals surface area contributed by atoms with E-state index in [9.17, 15) is 9.18 Å². The topological polar surface area (TPSA) is 48.5 Å². The molecule has 1 aromatic heterocycles. The molecule has 0 aliphatic carbocycles. The molecule has 2 heterocycles. The minimum Gasteiger partial charge on any atom is -0.370 e. The van der Waals surface area contributed by atoms with E-state index in [1.165, 1.54) is 25.0 Å². The fourth-order valence-electron chi connectivity index (χ4n) is 3.22. The molecule has 0 unspecified atom stereocenters. The Morgan fingerprint density at radius 3 is 2.44 bits per heavy atom. The molecule has 0 bridgehead atoms. The van der Waals surface area contributed by atoms with Crippen LogP contribution < -0.4 is 10.2 Å². The molecule has 1 N–H and O–H groups in total. The van der Waals surface area contributed by atoms with Crippen LogP contribution in [0.25, 0.3) is 0 Å². The lowest BCUT2D eigenvalue weighted by Crippen LogP contribution is -2.48. The van der Waals surface area contributed by atoms with Gasteiger partial charge in [-0.3, -0.25) is 4.79 Å². The van der Waals surface area contributed by atoms with E-state index >= 15 is 0 Å². The first kappa shape index (κ1) is 19.1. The molecule has 0 atom stereocenters. The van der Waals surface area contributed by atoms with Gasteiger partial charge in [-0.2, -0.15) is 0 Å². The van der Waals surface area contributed by atoms with Crippen molar-refractivity contribution >= 4 is 17.4 Å². The third-order valence-corrected chi connectivity index (χ3v) is 4.86. The van der Waals surface area contributed by atoms with Gasteiger partial charge in [-0.15, -0.1) is 0 Å². The van der Waals surface area contributed by atoms with Gasteiger partial charge in [-0.1, -0.05) is 19.8 Å². The van der Waals surface area contributed by atoms with Crippen molar-refractivity contribution in [2.75, 3.05) is 42.9 Å². The minimum absolute atomic E-state index is 0.0128. The molecular weight excluding hydrogens is 343 g/mol. The molecule has 0 spiro atoms. The lowest BCUT2D eigenvalue weighted by Gasteiger charge is -2.36. The Balaban J connectivity index is 1.50. The number of pyridine rings is 1. The van der Waals surface area contributed by atoms with E-state index in [0.717, 1.165) is 37.6 Å². The maximum absolute atomic E-state index is 13.1. The van der Waals surface area contributed by atoms with Crippen molar-refractivity contribution in [3.05, 3.63) is 54.0 Å². The van der Waals surface area contributed by atoms with Gasteiger partial charge in [0.15, 0.2) is 0 Å². The highest BCUT2D eigenvalue weighted by Crippen LogP contribution is 2.18. The Kier molecular flexibility index (Phi) is 6.63. The van der Waals surface area contributed by atoms with Crippen molar-refractivity contribution in [3.63, 3.8) is 0 Å². The molecule has 1 aliphatic heterocycles. The van der Waals surface area contributed by atoms with Gasteiger partial charge in [0.1, 0.15) is 11.6 Å². The van der Waals surface area contributed by atoms with Crippen LogP contribution in [0.1, 0.15) is 36.5 Å². The number of nitrogens with one attached hydrogen (secondary N) is 1. The Morgan fingerprint density at radius 2 is 1.81 bits per heavy atom. The van der Waals surface area contributed by atoms with Gasteiger partial charge < -0.3 is 15.1 Å². The summed E-state index contributed by atoms with van der Waals surface area (Å²) in [6.45, 7) is 5.85. The second-order valence-electron chi connectivity index (χ2n) is 6.82. The molecule has 144 valence electrons. The Hall–Kier alpha value is -2.63. The average molecular weight is 370 g/mol.